The van der Waals surface area contributed by atoms with Crippen molar-refractivity contribution in [2.45, 2.75) is 97.4 Å². The van der Waals surface area contributed by atoms with Gasteiger partial charge in [-0.05, 0) is 84.1 Å². The van der Waals surface area contributed by atoms with Gasteiger partial charge in [-0.3, -0.25) is 0 Å². The highest BCUT2D eigenvalue weighted by Gasteiger charge is 2.50. The molecule has 157 valence electrons. The number of hydrogen-bond acceptors (Lipinski definition) is 4. The van der Waals surface area contributed by atoms with Gasteiger partial charge in [-0.25, -0.2) is 0 Å². The molecule has 0 aromatic carbocycles. The van der Waals surface area contributed by atoms with Crippen molar-refractivity contribution in [2.75, 3.05) is 0 Å². The van der Waals surface area contributed by atoms with Crippen LogP contribution in [0.5, 0.6) is 0 Å². The molecule has 0 aliphatic rings. The normalized spacial score (nSPS) is 15.2. The summed E-state index contributed by atoms with van der Waals surface area (Å²) in [6.07, 6.45) is 1.12. The van der Waals surface area contributed by atoms with Gasteiger partial charge in [0.25, 0.3) is 0 Å². The smallest absolute Gasteiger partial charge is 0.460 e. The topological polar surface area (TPSA) is 36.9 Å². The molecule has 0 aromatic heterocycles. The first-order valence-corrected chi connectivity index (χ1v) is 26.6. The molecule has 4 nitrogen and oxygen atoms in total. The van der Waals surface area contributed by atoms with Crippen LogP contribution in [0.3, 0.4) is 0 Å². The summed E-state index contributed by atoms with van der Waals surface area (Å²) in [5, 5.41) is 0. The van der Waals surface area contributed by atoms with E-state index in [1.54, 1.807) is 0 Å². The molecular weight excluding hydrogens is 425 g/mol. The summed E-state index contributed by atoms with van der Waals surface area (Å²) < 4.78 is 26.7. The van der Waals surface area contributed by atoms with Crippen LogP contribution in [0.1, 0.15) is 13.3 Å². The quantitative estimate of drug-likeness (QED) is 0.269. The van der Waals surface area contributed by atoms with E-state index in [1.807, 2.05) is 0 Å². The highest BCUT2D eigenvalue weighted by Crippen LogP contribution is 2.32. The third-order valence-corrected chi connectivity index (χ3v) is 21.8. The van der Waals surface area contributed by atoms with E-state index in [2.05, 4.69) is 85.0 Å². The average molecular weight is 470 g/mol. The predicted molar refractivity (Wildman–Crippen MR) is 130 cm³/mol. The number of hydrogen-bond donors (Lipinski definition) is 0. The molecule has 0 heterocycles. The van der Waals surface area contributed by atoms with Crippen LogP contribution in [0.25, 0.3) is 0 Å². The maximum atomic E-state index is 6.77. The minimum Gasteiger partial charge on any atom is -0.460 e. The molecular formula is C16H45O4Si6. The monoisotopic (exact) mass is 469 g/mol. The maximum absolute atomic E-state index is 6.77. The summed E-state index contributed by atoms with van der Waals surface area (Å²) in [4.78, 5) is 0. The van der Waals surface area contributed by atoms with Crippen LogP contribution in [-0.4, -0.2) is 51.8 Å². The van der Waals surface area contributed by atoms with Gasteiger partial charge in [0.15, 0.2) is 33.3 Å². The molecule has 0 spiro atoms. The fourth-order valence-electron chi connectivity index (χ4n) is 2.54. The highest BCUT2D eigenvalue weighted by molar-refractivity contribution is 6.90. The zero-order chi connectivity index (χ0) is 20.9. The first kappa shape index (κ1) is 27.1. The van der Waals surface area contributed by atoms with Gasteiger partial charge in [-0.2, -0.15) is 0 Å². The fraction of sp³-hybridized carbons (Fsp3) is 0.938. The second kappa shape index (κ2) is 10.3. The van der Waals surface area contributed by atoms with Crippen LogP contribution in [0.15, 0.2) is 0 Å². The van der Waals surface area contributed by atoms with Crippen molar-refractivity contribution in [3.8, 4) is 0 Å². The Morgan fingerprint density at radius 1 is 0.654 bits per heavy atom. The van der Waals surface area contributed by atoms with Crippen molar-refractivity contribution in [2.24, 2.45) is 0 Å². The lowest BCUT2D eigenvalue weighted by atomic mass is 10.6. The van der Waals surface area contributed by atoms with E-state index in [0.29, 0.717) is 0 Å². The highest BCUT2D eigenvalue weighted by atomic mass is 28.5. The molecule has 0 aliphatic heterocycles. The number of rotatable bonds is 13. The largest absolute Gasteiger partial charge is 0.469 e. The molecule has 0 saturated carbocycles. The van der Waals surface area contributed by atoms with Gasteiger partial charge < -0.3 is 16.5 Å². The van der Waals surface area contributed by atoms with E-state index < -0.39 is 51.8 Å². The Balaban J connectivity index is 5.50. The molecule has 10 heteroatoms. The van der Waals surface area contributed by atoms with Gasteiger partial charge in [0, 0.05) is 6.04 Å². The molecule has 0 fully saturated rings. The lowest BCUT2D eigenvalue weighted by molar-refractivity contribution is 0.253. The molecule has 0 aromatic rings. The average Bonchev–Trinajstić information content (AvgIpc) is 2.30. The van der Waals surface area contributed by atoms with Crippen molar-refractivity contribution in [3.05, 3.63) is 6.04 Å². The van der Waals surface area contributed by atoms with E-state index in [0.717, 1.165) is 18.5 Å². The second-order valence-corrected chi connectivity index (χ2v) is 33.7. The zero-order valence-corrected chi connectivity index (χ0v) is 26.0. The van der Waals surface area contributed by atoms with Crippen molar-refractivity contribution in [1.82, 2.24) is 0 Å². The molecule has 0 aliphatic carbocycles. The Kier molecular flexibility index (Phi) is 10.7. The summed E-state index contributed by atoms with van der Waals surface area (Å²) in [6.45, 7) is 27.1. The molecule has 0 saturated heterocycles. The van der Waals surface area contributed by atoms with Gasteiger partial charge in [-0.15, -0.1) is 0 Å². The molecule has 26 heavy (non-hydrogen) atoms. The van der Waals surface area contributed by atoms with Crippen LogP contribution in [-0.2, 0) is 16.5 Å². The van der Waals surface area contributed by atoms with E-state index in [4.69, 9.17) is 16.5 Å². The Labute approximate surface area is 171 Å². The van der Waals surface area contributed by atoms with Gasteiger partial charge >= 0.3 is 8.80 Å². The molecule has 0 bridgehead atoms. The van der Waals surface area contributed by atoms with Crippen molar-refractivity contribution >= 4 is 51.8 Å². The summed E-state index contributed by atoms with van der Waals surface area (Å²) >= 11 is 0. The van der Waals surface area contributed by atoms with Crippen molar-refractivity contribution < 1.29 is 16.5 Å². The van der Waals surface area contributed by atoms with Crippen LogP contribution in [0, 0.1) is 6.04 Å². The Hall–Kier alpha value is 1.14. The Morgan fingerprint density at radius 2 is 1.04 bits per heavy atom. The van der Waals surface area contributed by atoms with Crippen LogP contribution >= 0.6 is 0 Å². The predicted octanol–water partition coefficient (Wildman–Crippen LogP) is 5.36. The fourth-order valence-corrected chi connectivity index (χ4v) is 23.3. The Morgan fingerprint density at radius 3 is 1.35 bits per heavy atom. The molecule has 1 radical (unpaired) electrons. The van der Waals surface area contributed by atoms with Crippen molar-refractivity contribution in [1.29, 1.82) is 0 Å². The first-order chi connectivity index (χ1) is 11.4. The molecule has 0 amide bonds. The maximum Gasteiger partial charge on any atom is 0.469 e. The van der Waals surface area contributed by atoms with Crippen molar-refractivity contribution in [3.63, 3.8) is 0 Å². The van der Waals surface area contributed by atoms with Crippen LogP contribution < -0.4 is 0 Å². The summed E-state index contributed by atoms with van der Waals surface area (Å²) in [7, 11) is -10.3. The summed E-state index contributed by atoms with van der Waals surface area (Å²) in [5.41, 5.74) is 0. The first-order valence-electron chi connectivity index (χ1n) is 9.95. The zero-order valence-electron chi connectivity index (χ0n) is 19.5. The molecule has 0 N–H and O–H groups in total. The van der Waals surface area contributed by atoms with E-state index in [1.165, 1.54) is 0 Å². The summed E-state index contributed by atoms with van der Waals surface area (Å²) in [6, 6.07) is 4.31. The van der Waals surface area contributed by atoms with Gasteiger partial charge in [0.2, 0.25) is 0 Å². The lowest BCUT2D eigenvalue weighted by Gasteiger charge is -2.43. The second-order valence-electron chi connectivity index (χ2n) is 10.6. The Bertz CT molecular complexity index is 372. The summed E-state index contributed by atoms with van der Waals surface area (Å²) in [5.74, 6) is 0. The van der Waals surface area contributed by atoms with E-state index in [9.17, 15) is 0 Å². The molecule has 0 rings (SSSR count). The standard InChI is InChI=1S/C16H45O4Si6/c1-13-14-21-17-25(11,12)15-16-26(18-22(2,3)4,19-23(5,6)7)20-24(8,9)10/h14H,13,15-16,21H2,1-12H3. The third-order valence-electron chi connectivity index (χ3n) is 3.30. The van der Waals surface area contributed by atoms with E-state index >= 15 is 0 Å². The minimum atomic E-state index is -2.71. The van der Waals surface area contributed by atoms with E-state index in [-0.39, 0.29) is 0 Å². The van der Waals surface area contributed by atoms with Gasteiger partial charge in [0.05, 0.1) is 0 Å². The third kappa shape index (κ3) is 14.2. The molecule has 0 unspecified atom stereocenters. The van der Waals surface area contributed by atoms with Gasteiger partial charge in [0.1, 0.15) is 9.76 Å². The van der Waals surface area contributed by atoms with Gasteiger partial charge in [-0.1, -0.05) is 13.3 Å². The SMILES string of the molecule is CC[CH][SiH2]O[Si](C)(C)CC[Si](O[Si](C)(C)C)(O[Si](C)(C)C)O[Si](C)(C)C. The molecule has 0 atom stereocenters. The van der Waals surface area contributed by atoms with Crippen LogP contribution in [0.4, 0.5) is 0 Å². The minimum absolute atomic E-state index is 0.502. The lowest BCUT2D eigenvalue weighted by Crippen LogP contribution is -2.61. The van der Waals surface area contributed by atoms with Crippen LogP contribution in [0.2, 0.25) is 84.1 Å².